The van der Waals surface area contributed by atoms with E-state index >= 15 is 0 Å². The molecule has 0 spiro atoms. The molecule has 0 aromatic rings. The van der Waals surface area contributed by atoms with Gasteiger partial charge in [0.05, 0.1) is 5.41 Å². The fourth-order valence-electron chi connectivity index (χ4n) is 6.01. The minimum atomic E-state index is -5.76. The molecule has 0 heterocycles. The van der Waals surface area contributed by atoms with Gasteiger partial charge in [0.15, 0.2) is 6.61 Å². The van der Waals surface area contributed by atoms with Gasteiger partial charge in [-0.15, -0.1) is 0 Å². The summed E-state index contributed by atoms with van der Waals surface area (Å²) in [4.78, 5) is 12.4. The normalized spacial score (nSPS) is 34.7. The summed E-state index contributed by atoms with van der Waals surface area (Å²) in [7, 11) is 0. The highest BCUT2D eigenvalue weighted by Crippen LogP contribution is 2.83. The average Bonchev–Trinajstić information content (AvgIpc) is 2.90. The third-order valence-corrected chi connectivity index (χ3v) is 7.64. The molecule has 186 valence electrons. The van der Waals surface area contributed by atoms with Gasteiger partial charge in [-0.05, 0) is 36.0 Å². The SMILES string of the molecule is CC1C2CC3C1C3(C(=O)OCC(F)(F)C(F)(F)CCC(F)(F)C(F)(F)CC(F)(F)F)C2C. The molecule has 0 aliphatic heterocycles. The molecule has 0 aromatic carbocycles. The van der Waals surface area contributed by atoms with Crippen LogP contribution in [-0.2, 0) is 9.53 Å². The van der Waals surface area contributed by atoms with E-state index in [1.165, 1.54) is 0 Å². The van der Waals surface area contributed by atoms with Crippen molar-refractivity contribution in [3.63, 3.8) is 0 Å². The highest BCUT2D eigenvalue weighted by Gasteiger charge is 2.85. The van der Waals surface area contributed by atoms with Crippen LogP contribution in [0.1, 0.15) is 39.5 Å². The van der Waals surface area contributed by atoms with Crippen LogP contribution in [0.4, 0.5) is 48.3 Å². The van der Waals surface area contributed by atoms with Crippen LogP contribution in [-0.4, -0.2) is 42.4 Å². The number of rotatable bonds is 9. The van der Waals surface area contributed by atoms with E-state index in [2.05, 4.69) is 4.74 Å². The van der Waals surface area contributed by atoms with Crippen LogP contribution >= 0.6 is 0 Å². The monoisotopic (exact) mass is 490 g/mol. The standard InChI is InChI=1S/C19H21F11O2/c1-8-10-5-11-12(8)19(11,9(10)2)13(31)32-7-17(26,27)15(22,23)4-3-14(20,21)16(24,25)6-18(28,29)30/h8-12H,3-7H2,1-2H3. The molecule has 13 heteroatoms. The first-order valence-electron chi connectivity index (χ1n) is 9.96. The van der Waals surface area contributed by atoms with Gasteiger partial charge >= 0.3 is 35.8 Å². The van der Waals surface area contributed by atoms with Crippen molar-refractivity contribution in [3.8, 4) is 0 Å². The second-order valence-electron chi connectivity index (χ2n) is 9.30. The first-order valence-corrected chi connectivity index (χ1v) is 9.96. The molecule has 0 radical (unpaired) electrons. The van der Waals surface area contributed by atoms with Gasteiger partial charge in [0.2, 0.25) is 0 Å². The molecule has 0 N–H and O–H groups in total. The van der Waals surface area contributed by atoms with Crippen molar-refractivity contribution in [2.24, 2.45) is 35.0 Å². The quantitative estimate of drug-likeness (QED) is 0.279. The molecular weight excluding hydrogens is 469 g/mol. The lowest BCUT2D eigenvalue weighted by molar-refractivity contribution is -0.278. The zero-order chi connectivity index (χ0) is 24.7. The van der Waals surface area contributed by atoms with Crippen molar-refractivity contribution < 1.29 is 57.8 Å². The van der Waals surface area contributed by atoms with Crippen molar-refractivity contribution in [2.45, 2.75) is 69.4 Å². The molecule has 4 aliphatic carbocycles. The summed E-state index contributed by atoms with van der Waals surface area (Å²) in [6.07, 6.45) is -13.5. The lowest BCUT2D eigenvalue weighted by atomic mass is 9.90. The fourth-order valence-corrected chi connectivity index (χ4v) is 6.01. The number of alkyl halides is 11. The first kappa shape index (κ1) is 25.3. The van der Waals surface area contributed by atoms with Crippen LogP contribution in [0.15, 0.2) is 0 Å². The maximum Gasteiger partial charge on any atom is 0.395 e. The number of halogens is 11. The van der Waals surface area contributed by atoms with Gasteiger partial charge < -0.3 is 4.74 Å². The van der Waals surface area contributed by atoms with Gasteiger partial charge in [0, 0.05) is 12.8 Å². The molecule has 0 saturated heterocycles. The van der Waals surface area contributed by atoms with Gasteiger partial charge in [-0.1, -0.05) is 13.8 Å². The summed E-state index contributed by atoms with van der Waals surface area (Å²) < 4.78 is 149. The molecule has 4 rings (SSSR count). The predicted molar refractivity (Wildman–Crippen MR) is 86.5 cm³/mol. The first-order chi connectivity index (χ1) is 14.2. The number of esters is 1. The minimum absolute atomic E-state index is 0.0892. The van der Waals surface area contributed by atoms with E-state index in [1.807, 2.05) is 6.92 Å². The van der Waals surface area contributed by atoms with E-state index < -0.39 is 67.1 Å². The zero-order valence-corrected chi connectivity index (χ0v) is 16.9. The van der Waals surface area contributed by atoms with Crippen LogP contribution in [0, 0.1) is 35.0 Å². The van der Waals surface area contributed by atoms with Crippen molar-refractivity contribution >= 4 is 5.97 Å². The topological polar surface area (TPSA) is 26.3 Å². The van der Waals surface area contributed by atoms with Gasteiger partial charge in [-0.3, -0.25) is 4.79 Å². The summed E-state index contributed by atoms with van der Waals surface area (Å²) >= 11 is 0. The van der Waals surface area contributed by atoms with Crippen LogP contribution in [0.3, 0.4) is 0 Å². The minimum Gasteiger partial charge on any atom is -0.459 e. The van der Waals surface area contributed by atoms with E-state index in [9.17, 15) is 53.1 Å². The molecule has 4 fully saturated rings. The lowest BCUT2D eigenvalue weighted by Crippen LogP contribution is -2.49. The molecule has 32 heavy (non-hydrogen) atoms. The third-order valence-electron chi connectivity index (χ3n) is 7.64. The number of ether oxygens (including phenoxy) is 1. The Hall–Kier alpha value is -1.30. The number of hydrogen-bond donors (Lipinski definition) is 0. The van der Waals surface area contributed by atoms with E-state index in [0.29, 0.717) is 6.42 Å². The maximum absolute atomic E-state index is 14.0. The molecule has 4 aliphatic rings. The van der Waals surface area contributed by atoms with E-state index in [0.717, 1.165) is 0 Å². The van der Waals surface area contributed by atoms with Crippen molar-refractivity contribution in [1.29, 1.82) is 0 Å². The van der Waals surface area contributed by atoms with Gasteiger partial charge in [-0.2, -0.15) is 48.3 Å². The largest absolute Gasteiger partial charge is 0.459 e. The van der Waals surface area contributed by atoms with Crippen molar-refractivity contribution in [2.75, 3.05) is 6.61 Å². The Labute approximate surface area is 175 Å². The van der Waals surface area contributed by atoms with Crippen LogP contribution in [0.5, 0.6) is 0 Å². The number of carbonyl (C=O) groups is 1. The van der Waals surface area contributed by atoms with Crippen LogP contribution in [0.25, 0.3) is 0 Å². The highest BCUT2D eigenvalue weighted by atomic mass is 19.4. The van der Waals surface area contributed by atoms with Gasteiger partial charge in [-0.25, -0.2) is 0 Å². The Bertz CT molecular complexity index is 759. The second kappa shape index (κ2) is 7.10. The molecule has 0 amide bonds. The van der Waals surface area contributed by atoms with Gasteiger partial charge in [0.1, 0.15) is 6.42 Å². The smallest absolute Gasteiger partial charge is 0.395 e. The Morgan fingerprint density at radius 2 is 1.34 bits per heavy atom. The van der Waals surface area contributed by atoms with Crippen molar-refractivity contribution in [3.05, 3.63) is 0 Å². The Morgan fingerprint density at radius 1 is 0.844 bits per heavy atom. The van der Waals surface area contributed by atoms with Gasteiger partial charge in [0.25, 0.3) is 0 Å². The van der Waals surface area contributed by atoms with E-state index in [4.69, 9.17) is 0 Å². The highest BCUT2D eigenvalue weighted by molar-refractivity contribution is 5.84. The van der Waals surface area contributed by atoms with Crippen LogP contribution in [0.2, 0.25) is 0 Å². The lowest BCUT2D eigenvalue weighted by Gasteiger charge is -2.31. The summed E-state index contributed by atoms with van der Waals surface area (Å²) in [6, 6.07) is 0. The maximum atomic E-state index is 14.0. The number of carbonyl (C=O) groups excluding carboxylic acids is 1. The molecule has 4 saturated carbocycles. The molecule has 6 atom stereocenters. The Morgan fingerprint density at radius 3 is 1.72 bits per heavy atom. The molecular formula is C19H21F11O2. The molecule has 2 nitrogen and oxygen atoms in total. The Kier molecular flexibility index (Phi) is 5.62. The van der Waals surface area contributed by atoms with E-state index in [-0.39, 0.29) is 29.6 Å². The predicted octanol–water partition coefficient (Wildman–Crippen LogP) is 6.34. The molecule has 6 unspecified atom stereocenters. The Balaban J connectivity index is 1.59. The summed E-state index contributed by atoms with van der Waals surface area (Å²) in [5, 5.41) is 0. The number of hydrogen-bond acceptors (Lipinski definition) is 2. The van der Waals surface area contributed by atoms with Crippen LogP contribution < -0.4 is 0 Å². The average molecular weight is 490 g/mol. The second-order valence-corrected chi connectivity index (χ2v) is 9.30. The third kappa shape index (κ3) is 3.65. The van der Waals surface area contributed by atoms with Crippen molar-refractivity contribution in [1.82, 2.24) is 0 Å². The van der Waals surface area contributed by atoms with E-state index in [1.54, 1.807) is 6.92 Å². The summed E-state index contributed by atoms with van der Waals surface area (Å²) in [5.74, 6) is -23.0. The fraction of sp³-hybridized carbons (Fsp3) is 0.947. The molecule has 4 bridgehead atoms. The molecule has 0 aromatic heterocycles. The summed E-state index contributed by atoms with van der Waals surface area (Å²) in [5.41, 5.74) is -1.03. The summed E-state index contributed by atoms with van der Waals surface area (Å²) in [6.45, 7) is 1.48. The zero-order valence-electron chi connectivity index (χ0n) is 16.9.